The van der Waals surface area contributed by atoms with Gasteiger partial charge < -0.3 is 10.2 Å². The molecule has 1 aliphatic rings. The highest BCUT2D eigenvalue weighted by molar-refractivity contribution is 5.51. The highest BCUT2D eigenvalue weighted by Crippen LogP contribution is 2.33. The third-order valence-corrected chi connectivity index (χ3v) is 3.86. The summed E-state index contributed by atoms with van der Waals surface area (Å²) in [5.41, 5.74) is 2.41. The van der Waals surface area contributed by atoms with Crippen molar-refractivity contribution >= 4 is 5.69 Å². The molecule has 1 aliphatic carbocycles. The van der Waals surface area contributed by atoms with Crippen molar-refractivity contribution in [2.24, 2.45) is 0 Å². The Hall–Kier alpha value is -1.16. The minimum atomic E-state index is 0.379. The second-order valence-corrected chi connectivity index (χ2v) is 6.32. The molecule has 0 aromatic carbocycles. The number of nitrogens with one attached hydrogen (secondary N) is 1. The highest BCUT2D eigenvalue weighted by atomic mass is 15.2. The molecule has 21 heavy (non-hydrogen) atoms. The largest absolute Gasteiger partial charge is 0.366 e. The summed E-state index contributed by atoms with van der Waals surface area (Å²) >= 11 is 0. The Balaban J connectivity index is 2.23. The van der Waals surface area contributed by atoms with Gasteiger partial charge in [-0.15, -0.1) is 0 Å². The van der Waals surface area contributed by atoms with Crippen molar-refractivity contribution in [2.75, 3.05) is 18.0 Å². The minimum absolute atomic E-state index is 0.379. The summed E-state index contributed by atoms with van der Waals surface area (Å²) in [4.78, 5) is 12.0. The molecule has 0 spiro atoms. The zero-order valence-corrected chi connectivity index (χ0v) is 14.0. The maximum Gasteiger partial charge on any atom is 0.131 e. The van der Waals surface area contributed by atoms with Gasteiger partial charge in [-0.3, -0.25) is 0 Å². The first-order valence-corrected chi connectivity index (χ1v) is 8.50. The van der Waals surface area contributed by atoms with E-state index in [0.29, 0.717) is 12.0 Å². The molecule has 2 rings (SSSR count). The van der Waals surface area contributed by atoms with Gasteiger partial charge in [-0.05, 0) is 32.2 Å². The number of aromatic nitrogens is 2. The lowest BCUT2D eigenvalue weighted by Gasteiger charge is -2.26. The molecule has 0 saturated heterocycles. The molecule has 0 aliphatic heterocycles. The van der Waals surface area contributed by atoms with Crippen LogP contribution in [0.2, 0.25) is 0 Å². The molecule has 0 radical (unpaired) electrons. The van der Waals surface area contributed by atoms with Crippen LogP contribution < -0.4 is 10.2 Å². The summed E-state index contributed by atoms with van der Waals surface area (Å²) in [6.45, 7) is 11.7. The average Bonchev–Trinajstić information content (AvgIpc) is 3.30. The van der Waals surface area contributed by atoms with Crippen molar-refractivity contribution in [2.45, 2.75) is 71.9 Å². The number of anilines is 1. The molecule has 0 amide bonds. The van der Waals surface area contributed by atoms with Crippen molar-refractivity contribution < 1.29 is 0 Å². The van der Waals surface area contributed by atoms with Gasteiger partial charge in [0.2, 0.25) is 0 Å². The van der Waals surface area contributed by atoms with Crippen LogP contribution in [0.4, 0.5) is 5.69 Å². The Labute approximate surface area is 129 Å². The smallest absolute Gasteiger partial charge is 0.131 e. The van der Waals surface area contributed by atoms with E-state index in [1.54, 1.807) is 0 Å². The van der Waals surface area contributed by atoms with Crippen LogP contribution in [0.5, 0.6) is 0 Å². The quantitative estimate of drug-likeness (QED) is 0.707. The molecular weight excluding hydrogens is 260 g/mol. The summed E-state index contributed by atoms with van der Waals surface area (Å²) in [5, 5.41) is 3.50. The molecule has 1 saturated carbocycles. The molecule has 1 aromatic rings. The molecule has 118 valence electrons. The van der Waals surface area contributed by atoms with E-state index in [-0.39, 0.29) is 0 Å². The standard InChI is InChI=1S/C17H30N4/c1-5-9-18-11-15-16(12-19-17(20-15)13(3)4)21(10-6-2)14-7-8-14/h12-14,18H,5-11H2,1-4H3. The molecule has 4 nitrogen and oxygen atoms in total. The summed E-state index contributed by atoms with van der Waals surface area (Å²) in [5.74, 6) is 1.34. The number of hydrogen-bond donors (Lipinski definition) is 1. The SMILES string of the molecule is CCCNCc1nc(C(C)C)ncc1N(CCC)C1CC1. The fraction of sp³-hybridized carbons (Fsp3) is 0.765. The molecule has 0 bridgehead atoms. The predicted octanol–water partition coefficient (Wildman–Crippen LogP) is 3.48. The molecule has 1 aromatic heterocycles. The Bertz CT molecular complexity index is 440. The van der Waals surface area contributed by atoms with Gasteiger partial charge in [0.25, 0.3) is 0 Å². The van der Waals surface area contributed by atoms with E-state index in [4.69, 9.17) is 4.98 Å². The van der Waals surface area contributed by atoms with Gasteiger partial charge in [0, 0.05) is 25.0 Å². The van der Waals surface area contributed by atoms with E-state index in [1.165, 1.54) is 30.6 Å². The fourth-order valence-corrected chi connectivity index (χ4v) is 2.58. The van der Waals surface area contributed by atoms with Gasteiger partial charge in [-0.25, -0.2) is 9.97 Å². The lowest BCUT2D eigenvalue weighted by Crippen LogP contribution is -2.29. The topological polar surface area (TPSA) is 41.1 Å². The maximum absolute atomic E-state index is 4.84. The molecule has 1 heterocycles. The summed E-state index contributed by atoms with van der Waals surface area (Å²) < 4.78 is 0. The van der Waals surface area contributed by atoms with Crippen molar-refractivity contribution in [3.63, 3.8) is 0 Å². The van der Waals surface area contributed by atoms with Crippen molar-refractivity contribution in [3.05, 3.63) is 17.7 Å². The Morgan fingerprint density at radius 1 is 1.29 bits per heavy atom. The van der Waals surface area contributed by atoms with Crippen molar-refractivity contribution in [1.82, 2.24) is 15.3 Å². The Kier molecular flexibility index (Phi) is 5.97. The zero-order valence-electron chi connectivity index (χ0n) is 14.0. The average molecular weight is 290 g/mol. The molecule has 0 unspecified atom stereocenters. The van der Waals surface area contributed by atoms with E-state index < -0.39 is 0 Å². The molecular formula is C17H30N4. The second kappa shape index (κ2) is 7.74. The lowest BCUT2D eigenvalue weighted by atomic mass is 10.2. The van der Waals surface area contributed by atoms with Crippen molar-refractivity contribution in [3.8, 4) is 0 Å². The van der Waals surface area contributed by atoms with E-state index >= 15 is 0 Å². The van der Waals surface area contributed by atoms with Gasteiger partial charge in [-0.2, -0.15) is 0 Å². The first-order valence-electron chi connectivity index (χ1n) is 8.50. The van der Waals surface area contributed by atoms with Crippen LogP contribution >= 0.6 is 0 Å². The van der Waals surface area contributed by atoms with Crippen LogP contribution in [-0.2, 0) is 6.54 Å². The Morgan fingerprint density at radius 2 is 2.05 bits per heavy atom. The van der Waals surface area contributed by atoms with E-state index in [0.717, 1.165) is 31.9 Å². The van der Waals surface area contributed by atoms with Crippen LogP contribution in [0.15, 0.2) is 6.20 Å². The predicted molar refractivity (Wildman–Crippen MR) is 88.8 cm³/mol. The van der Waals surface area contributed by atoms with Gasteiger partial charge >= 0.3 is 0 Å². The molecule has 0 atom stereocenters. The summed E-state index contributed by atoms with van der Waals surface area (Å²) in [6.07, 6.45) is 7.00. The molecule has 1 fully saturated rings. The van der Waals surface area contributed by atoms with Crippen LogP contribution in [0.25, 0.3) is 0 Å². The maximum atomic E-state index is 4.84. The van der Waals surface area contributed by atoms with E-state index in [2.05, 4.69) is 49.1 Å². The lowest BCUT2D eigenvalue weighted by molar-refractivity contribution is 0.644. The summed E-state index contributed by atoms with van der Waals surface area (Å²) in [7, 11) is 0. The zero-order chi connectivity index (χ0) is 15.2. The van der Waals surface area contributed by atoms with Crippen LogP contribution in [-0.4, -0.2) is 29.1 Å². The summed E-state index contributed by atoms with van der Waals surface area (Å²) in [6, 6.07) is 0.711. The second-order valence-electron chi connectivity index (χ2n) is 6.32. The third-order valence-electron chi connectivity index (χ3n) is 3.86. The number of hydrogen-bond acceptors (Lipinski definition) is 4. The number of rotatable bonds is 9. The third kappa shape index (κ3) is 4.40. The van der Waals surface area contributed by atoms with E-state index in [1.807, 2.05) is 0 Å². The van der Waals surface area contributed by atoms with Crippen LogP contribution in [0.1, 0.15) is 70.8 Å². The number of nitrogens with zero attached hydrogens (tertiary/aromatic N) is 3. The van der Waals surface area contributed by atoms with Gasteiger partial charge in [0.1, 0.15) is 5.82 Å². The fourth-order valence-electron chi connectivity index (χ4n) is 2.58. The highest BCUT2D eigenvalue weighted by Gasteiger charge is 2.30. The minimum Gasteiger partial charge on any atom is -0.366 e. The van der Waals surface area contributed by atoms with E-state index in [9.17, 15) is 0 Å². The van der Waals surface area contributed by atoms with Gasteiger partial charge in [0.15, 0.2) is 0 Å². The Morgan fingerprint density at radius 3 is 2.62 bits per heavy atom. The van der Waals surface area contributed by atoms with Crippen molar-refractivity contribution in [1.29, 1.82) is 0 Å². The molecule has 4 heteroatoms. The van der Waals surface area contributed by atoms with Gasteiger partial charge in [-0.1, -0.05) is 27.7 Å². The first-order chi connectivity index (χ1) is 10.2. The first kappa shape index (κ1) is 16.2. The normalized spacial score (nSPS) is 14.7. The van der Waals surface area contributed by atoms with Crippen LogP contribution in [0, 0.1) is 0 Å². The van der Waals surface area contributed by atoms with Crippen LogP contribution in [0.3, 0.4) is 0 Å². The van der Waals surface area contributed by atoms with Gasteiger partial charge in [0.05, 0.1) is 17.6 Å². The monoisotopic (exact) mass is 290 g/mol. The molecule has 1 N–H and O–H groups in total.